The molecular weight excluding hydrogens is 364 g/mol. The van der Waals surface area contributed by atoms with E-state index in [1.54, 1.807) is 13.8 Å². The Labute approximate surface area is 150 Å². The topological polar surface area (TPSA) is 110 Å². The molecule has 2 N–H and O–H groups in total. The number of rotatable bonds is 8. The fourth-order valence-electron chi connectivity index (χ4n) is 1.78. The molecule has 0 bridgehead atoms. The van der Waals surface area contributed by atoms with E-state index in [2.05, 4.69) is 20.2 Å². The largest absolute Gasteiger partial charge is 0.492 e. The number of aromatic nitrogens is 2. The van der Waals surface area contributed by atoms with E-state index in [0.29, 0.717) is 5.75 Å². The van der Waals surface area contributed by atoms with Crippen molar-refractivity contribution < 1.29 is 17.9 Å². The summed E-state index contributed by atoms with van der Waals surface area (Å²) in [5.41, 5.74) is 1.11. The Kier molecular flexibility index (Phi) is 6.45. The van der Waals surface area contributed by atoms with Gasteiger partial charge in [-0.3, -0.25) is 4.79 Å². The van der Waals surface area contributed by atoms with E-state index < -0.39 is 16.1 Å². The van der Waals surface area contributed by atoms with Crippen LogP contribution in [0.4, 0.5) is 5.13 Å². The van der Waals surface area contributed by atoms with E-state index in [9.17, 15) is 13.2 Å². The average molecular weight is 384 g/mol. The summed E-state index contributed by atoms with van der Waals surface area (Å²) in [5.74, 6) is 0.407. The molecule has 1 atom stereocenters. The molecule has 1 amide bonds. The summed E-state index contributed by atoms with van der Waals surface area (Å²) in [4.78, 5) is 11.3. The summed E-state index contributed by atoms with van der Waals surface area (Å²) in [7, 11) is -3.83. The highest BCUT2D eigenvalue weighted by molar-refractivity contribution is 7.91. The normalized spacial score (nSPS) is 12.6. The standard InChI is InChI=1S/C15H20N4O4S2/c1-4-13(20)16-14-17-18-15(24-14)25(21,22)19-11(3)9-23-12-7-5-10(2)6-8-12/h5-8,11,19H,4,9H2,1-3H3,(H,16,17,20)/t11-/m0/s1. The van der Waals surface area contributed by atoms with Crippen molar-refractivity contribution >= 4 is 32.4 Å². The molecule has 0 saturated carbocycles. The van der Waals surface area contributed by atoms with Crippen LogP contribution in [0.1, 0.15) is 25.8 Å². The fraction of sp³-hybridized carbons (Fsp3) is 0.400. The number of carbonyl (C=O) groups excluding carboxylic acids is 1. The Morgan fingerprint density at radius 3 is 2.60 bits per heavy atom. The first-order valence-corrected chi connectivity index (χ1v) is 9.95. The second-order valence-corrected chi connectivity index (χ2v) is 8.29. The Morgan fingerprint density at radius 1 is 1.28 bits per heavy atom. The molecule has 0 aliphatic rings. The number of hydrogen-bond donors (Lipinski definition) is 2. The van der Waals surface area contributed by atoms with Crippen LogP contribution in [0.15, 0.2) is 28.6 Å². The molecule has 0 fully saturated rings. The molecule has 2 rings (SSSR count). The summed E-state index contributed by atoms with van der Waals surface area (Å²) in [5, 5.41) is 9.91. The average Bonchev–Trinajstić information content (AvgIpc) is 3.03. The lowest BCUT2D eigenvalue weighted by Gasteiger charge is -2.14. The number of sulfonamides is 1. The first-order chi connectivity index (χ1) is 11.8. The second-order valence-electron chi connectivity index (χ2n) is 5.42. The molecule has 136 valence electrons. The predicted molar refractivity (Wildman–Crippen MR) is 95.3 cm³/mol. The van der Waals surface area contributed by atoms with Crippen molar-refractivity contribution in [3.63, 3.8) is 0 Å². The van der Waals surface area contributed by atoms with Crippen LogP contribution in [-0.4, -0.2) is 37.2 Å². The van der Waals surface area contributed by atoms with Gasteiger partial charge in [-0.15, -0.1) is 10.2 Å². The SMILES string of the molecule is CCC(=O)Nc1nnc(S(=O)(=O)N[C@@H](C)COc2ccc(C)cc2)s1. The van der Waals surface area contributed by atoms with Gasteiger partial charge in [-0.05, 0) is 26.0 Å². The Balaban J connectivity index is 1.93. The first-order valence-electron chi connectivity index (χ1n) is 7.65. The van der Waals surface area contributed by atoms with Gasteiger partial charge in [-0.25, -0.2) is 13.1 Å². The molecule has 1 aromatic heterocycles. The van der Waals surface area contributed by atoms with Gasteiger partial charge < -0.3 is 10.1 Å². The van der Waals surface area contributed by atoms with Crippen LogP contribution in [0.2, 0.25) is 0 Å². The Morgan fingerprint density at radius 2 is 1.96 bits per heavy atom. The molecule has 0 radical (unpaired) electrons. The third-order valence-corrected chi connectivity index (χ3v) is 5.88. The Hall–Kier alpha value is -2.04. The van der Waals surface area contributed by atoms with Gasteiger partial charge in [0, 0.05) is 6.42 Å². The van der Waals surface area contributed by atoms with E-state index >= 15 is 0 Å². The zero-order valence-corrected chi connectivity index (χ0v) is 15.8. The molecule has 25 heavy (non-hydrogen) atoms. The zero-order valence-electron chi connectivity index (χ0n) is 14.1. The fourth-order valence-corrected chi connectivity index (χ4v) is 3.94. The van der Waals surface area contributed by atoms with Crippen LogP contribution >= 0.6 is 11.3 Å². The van der Waals surface area contributed by atoms with Crippen molar-refractivity contribution in [3.8, 4) is 5.75 Å². The minimum atomic E-state index is -3.83. The van der Waals surface area contributed by atoms with E-state index in [0.717, 1.165) is 16.9 Å². The minimum Gasteiger partial charge on any atom is -0.492 e. The van der Waals surface area contributed by atoms with E-state index in [4.69, 9.17) is 4.74 Å². The third-order valence-electron chi connectivity index (χ3n) is 3.08. The van der Waals surface area contributed by atoms with Gasteiger partial charge in [0.1, 0.15) is 12.4 Å². The number of anilines is 1. The number of nitrogens with zero attached hydrogens (tertiary/aromatic N) is 2. The van der Waals surface area contributed by atoms with Crippen molar-refractivity contribution in [1.82, 2.24) is 14.9 Å². The lowest BCUT2D eigenvalue weighted by Crippen LogP contribution is -2.36. The highest BCUT2D eigenvalue weighted by atomic mass is 32.2. The summed E-state index contributed by atoms with van der Waals surface area (Å²) in [6.07, 6.45) is 0.271. The van der Waals surface area contributed by atoms with Gasteiger partial charge >= 0.3 is 0 Å². The van der Waals surface area contributed by atoms with Crippen molar-refractivity contribution in [3.05, 3.63) is 29.8 Å². The van der Waals surface area contributed by atoms with Gasteiger partial charge in [0.05, 0.1) is 6.04 Å². The van der Waals surface area contributed by atoms with Crippen LogP contribution in [0.3, 0.4) is 0 Å². The molecule has 8 nitrogen and oxygen atoms in total. The monoisotopic (exact) mass is 384 g/mol. The molecule has 2 aromatic rings. The van der Waals surface area contributed by atoms with Gasteiger partial charge in [0.25, 0.3) is 10.0 Å². The molecule has 0 aliphatic heterocycles. The summed E-state index contributed by atoms with van der Waals surface area (Å²) in [6.45, 7) is 5.51. The Bertz CT molecular complexity index is 818. The first kappa shape index (κ1) is 19.3. The second kappa shape index (κ2) is 8.37. The van der Waals surface area contributed by atoms with Crippen molar-refractivity contribution in [2.24, 2.45) is 0 Å². The molecule has 10 heteroatoms. The highest BCUT2D eigenvalue weighted by Crippen LogP contribution is 2.20. The predicted octanol–water partition coefficient (Wildman–Crippen LogP) is 1.94. The molecule has 1 aromatic carbocycles. The van der Waals surface area contributed by atoms with Gasteiger partial charge in [0.15, 0.2) is 0 Å². The summed E-state index contributed by atoms with van der Waals surface area (Å²) < 4.78 is 32.4. The number of aryl methyl sites for hydroxylation is 1. The van der Waals surface area contributed by atoms with Crippen molar-refractivity contribution in [2.75, 3.05) is 11.9 Å². The third kappa shape index (κ3) is 5.76. The molecule has 0 saturated heterocycles. The quantitative estimate of drug-likeness (QED) is 0.673. The number of ether oxygens (including phenoxy) is 1. The summed E-state index contributed by atoms with van der Waals surface area (Å²) in [6, 6.07) is 7.01. The van der Waals surface area contributed by atoms with Gasteiger partial charge in [0.2, 0.25) is 15.4 Å². The number of benzene rings is 1. The van der Waals surface area contributed by atoms with Crippen molar-refractivity contribution in [1.29, 1.82) is 0 Å². The number of amides is 1. The number of hydrogen-bond acceptors (Lipinski definition) is 7. The van der Waals surface area contributed by atoms with Crippen molar-refractivity contribution in [2.45, 2.75) is 37.6 Å². The maximum absolute atomic E-state index is 12.3. The number of nitrogens with one attached hydrogen (secondary N) is 2. The molecule has 0 unspecified atom stereocenters. The summed E-state index contributed by atoms with van der Waals surface area (Å²) >= 11 is 0.796. The van der Waals surface area contributed by atoms with Crippen LogP contribution < -0.4 is 14.8 Å². The molecule has 0 aliphatic carbocycles. The maximum atomic E-state index is 12.3. The van der Waals surface area contributed by atoms with Gasteiger partial charge in [-0.1, -0.05) is 36.0 Å². The zero-order chi connectivity index (χ0) is 18.4. The highest BCUT2D eigenvalue weighted by Gasteiger charge is 2.23. The number of carbonyl (C=O) groups is 1. The molecule has 1 heterocycles. The molecular formula is C15H20N4O4S2. The lowest BCUT2D eigenvalue weighted by atomic mass is 10.2. The van der Waals surface area contributed by atoms with Crippen LogP contribution in [-0.2, 0) is 14.8 Å². The van der Waals surface area contributed by atoms with Crippen LogP contribution in [0, 0.1) is 6.92 Å². The smallest absolute Gasteiger partial charge is 0.270 e. The van der Waals surface area contributed by atoms with E-state index in [-0.39, 0.29) is 28.4 Å². The minimum absolute atomic E-state index is 0.149. The van der Waals surface area contributed by atoms with Crippen LogP contribution in [0.5, 0.6) is 5.75 Å². The molecule has 0 spiro atoms. The van der Waals surface area contributed by atoms with Gasteiger partial charge in [-0.2, -0.15) is 0 Å². The van der Waals surface area contributed by atoms with E-state index in [1.165, 1.54) is 0 Å². The van der Waals surface area contributed by atoms with Crippen LogP contribution in [0.25, 0.3) is 0 Å². The lowest BCUT2D eigenvalue weighted by molar-refractivity contribution is -0.115. The van der Waals surface area contributed by atoms with E-state index in [1.807, 2.05) is 31.2 Å². The maximum Gasteiger partial charge on any atom is 0.270 e.